The standard InChI is InChI=1S/C15H21NOS2/c1-11(2)15(14-5-4-8-19-14)16-9-12-6-7-13(17-12)10-18-3/h4-8,11,15-16H,9-10H2,1-3H3. The smallest absolute Gasteiger partial charge is 0.118 e. The molecule has 1 atom stereocenters. The third-order valence-electron chi connectivity index (χ3n) is 3.02. The van der Waals surface area contributed by atoms with Crippen molar-refractivity contribution in [2.75, 3.05) is 6.26 Å². The molecule has 2 rings (SSSR count). The third-order valence-corrected chi connectivity index (χ3v) is 4.55. The van der Waals surface area contributed by atoms with Gasteiger partial charge in [0.15, 0.2) is 0 Å². The first-order valence-corrected chi connectivity index (χ1v) is 8.81. The zero-order valence-electron chi connectivity index (χ0n) is 11.7. The molecular weight excluding hydrogens is 274 g/mol. The molecule has 0 amide bonds. The van der Waals surface area contributed by atoms with E-state index in [0.717, 1.165) is 23.8 Å². The van der Waals surface area contributed by atoms with Gasteiger partial charge in [-0.15, -0.1) is 11.3 Å². The van der Waals surface area contributed by atoms with Crippen molar-refractivity contribution in [1.29, 1.82) is 0 Å². The zero-order valence-corrected chi connectivity index (χ0v) is 13.3. The van der Waals surface area contributed by atoms with Gasteiger partial charge in [-0.1, -0.05) is 19.9 Å². The van der Waals surface area contributed by atoms with Gasteiger partial charge in [0.05, 0.1) is 12.3 Å². The number of rotatable bonds is 7. The molecule has 0 fully saturated rings. The second kappa shape index (κ2) is 7.17. The van der Waals surface area contributed by atoms with Crippen molar-refractivity contribution in [2.24, 2.45) is 5.92 Å². The van der Waals surface area contributed by atoms with Gasteiger partial charge >= 0.3 is 0 Å². The minimum absolute atomic E-state index is 0.397. The molecule has 0 aliphatic heterocycles. The molecular formula is C15H21NOS2. The quantitative estimate of drug-likeness (QED) is 0.802. The van der Waals surface area contributed by atoms with Crippen molar-refractivity contribution in [3.63, 3.8) is 0 Å². The summed E-state index contributed by atoms with van der Waals surface area (Å²) in [4.78, 5) is 1.39. The van der Waals surface area contributed by atoms with E-state index in [1.807, 2.05) is 11.3 Å². The zero-order chi connectivity index (χ0) is 13.7. The second-order valence-corrected chi connectivity index (χ2v) is 6.76. The molecule has 2 aromatic heterocycles. The van der Waals surface area contributed by atoms with Crippen LogP contribution in [0.25, 0.3) is 0 Å². The molecule has 19 heavy (non-hydrogen) atoms. The summed E-state index contributed by atoms with van der Waals surface area (Å²) in [5.74, 6) is 3.59. The highest BCUT2D eigenvalue weighted by Gasteiger charge is 2.16. The summed E-state index contributed by atoms with van der Waals surface area (Å²) in [5, 5.41) is 5.74. The van der Waals surface area contributed by atoms with Crippen molar-refractivity contribution >= 4 is 23.1 Å². The highest BCUT2D eigenvalue weighted by atomic mass is 32.2. The van der Waals surface area contributed by atoms with E-state index in [1.165, 1.54) is 4.88 Å². The van der Waals surface area contributed by atoms with Gasteiger partial charge in [-0.2, -0.15) is 11.8 Å². The van der Waals surface area contributed by atoms with Gasteiger partial charge in [0.1, 0.15) is 11.5 Å². The Bertz CT molecular complexity index is 476. The van der Waals surface area contributed by atoms with Crippen molar-refractivity contribution < 1.29 is 4.42 Å². The number of hydrogen-bond acceptors (Lipinski definition) is 4. The SMILES string of the molecule is CSCc1ccc(CNC(c2cccs2)C(C)C)o1. The van der Waals surface area contributed by atoms with Gasteiger partial charge < -0.3 is 9.73 Å². The van der Waals surface area contributed by atoms with Crippen molar-refractivity contribution in [2.45, 2.75) is 32.2 Å². The molecule has 0 saturated carbocycles. The molecule has 2 heterocycles. The van der Waals surface area contributed by atoms with E-state index >= 15 is 0 Å². The lowest BCUT2D eigenvalue weighted by Gasteiger charge is -2.20. The molecule has 4 heteroatoms. The Balaban J connectivity index is 1.95. The molecule has 0 saturated heterocycles. The summed E-state index contributed by atoms with van der Waals surface area (Å²) in [5.41, 5.74) is 0. The number of thiophene rings is 1. The van der Waals surface area contributed by atoms with Crippen LogP contribution in [-0.4, -0.2) is 6.26 Å². The fourth-order valence-electron chi connectivity index (χ4n) is 2.08. The van der Waals surface area contributed by atoms with Gasteiger partial charge in [-0.05, 0) is 35.8 Å². The Morgan fingerprint density at radius 2 is 2.05 bits per heavy atom. The highest BCUT2D eigenvalue weighted by Crippen LogP contribution is 2.26. The first-order valence-electron chi connectivity index (χ1n) is 6.54. The van der Waals surface area contributed by atoms with Crippen LogP contribution in [0.2, 0.25) is 0 Å². The summed E-state index contributed by atoms with van der Waals surface area (Å²) in [6.07, 6.45) is 2.09. The molecule has 2 aromatic rings. The molecule has 0 aromatic carbocycles. The Morgan fingerprint density at radius 3 is 2.68 bits per heavy atom. The molecule has 1 unspecified atom stereocenters. The van der Waals surface area contributed by atoms with E-state index in [4.69, 9.17) is 4.42 Å². The fraction of sp³-hybridized carbons (Fsp3) is 0.467. The predicted molar refractivity (Wildman–Crippen MR) is 84.7 cm³/mol. The summed E-state index contributed by atoms with van der Waals surface area (Å²) in [6.45, 7) is 5.28. The van der Waals surface area contributed by atoms with Crippen LogP contribution in [0.1, 0.15) is 36.3 Å². The maximum absolute atomic E-state index is 5.79. The first-order chi connectivity index (χ1) is 9.20. The van der Waals surface area contributed by atoms with Crippen LogP contribution < -0.4 is 5.32 Å². The summed E-state index contributed by atoms with van der Waals surface area (Å²) in [7, 11) is 0. The van der Waals surface area contributed by atoms with Crippen LogP contribution in [0, 0.1) is 5.92 Å². The maximum Gasteiger partial charge on any atom is 0.118 e. The van der Waals surface area contributed by atoms with E-state index in [0.29, 0.717) is 12.0 Å². The van der Waals surface area contributed by atoms with Crippen molar-refractivity contribution in [3.8, 4) is 0 Å². The van der Waals surface area contributed by atoms with E-state index in [-0.39, 0.29) is 0 Å². The lowest BCUT2D eigenvalue weighted by atomic mass is 10.0. The summed E-state index contributed by atoms with van der Waals surface area (Å²) < 4.78 is 5.79. The maximum atomic E-state index is 5.79. The largest absolute Gasteiger partial charge is 0.464 e. The average Bonchev–Trinajstić information content (AvgIpc) is 3.01. The lowest BCUT2D eigenvalue weighted by Crippen LogP contribution is -2.24. The molecule has 0 aliphatic rings. The number of nitrogens with one attached hydrogen (secondary N) is 1. The Labute approximate surface area is 123 Å². The lowest BCUT2D eigenvalue weighted by molar-refractivity contribution is 0.383. The van der Waals surface area contributed by atoms with Gasteiger partial charge in [0.25, 0.3) is 0 Å². The minimum Gasteiger partial charge on any atom is -0.464 e. The van der Waals surface area contributed by atoms with Crippen LogP contribution >= 0.6 is 23.1 Å². The minimum atomic E-state index is 0.397. The van der Waals surface area contributed by atoms with Gasteiger partial charge in [0.2, 0.25) is 0 Å². The first kappa shape index (κ1) is 14.7. The monoisotopic (exact) mass is 295 g/mol. The molecule has 1 N–H and O–H groups in total. The van der Waals surface area contributed by atoms with Crippen LogP contribution in [0.15, 0.2) is 34.1 Å². The van der Waals surface area contributed by atoms with Gasteiger partial charge in [-0.3, -0.25) is 0 Å². The third kappa shape index (κ3) is 4.13. The van der Waals surface area contributed by atoms with E-state index in [1.54, 1.807) is 11.8 Å². The van der Waals surface area contributed by atoms with Crippen LogP contribution in [-0.2, 0) is 12.3 Å². The van der Waals surface area contributed by atoms with Gasteiger partial charge in [0, 0.05) is 10.9 Å². The van der Waals surface area contributed by atoms with E-state index in [2.05, 4.69) is 55.1 Å². The van der Waals surface area contributed by atoms with E-state index in [9.17, 15) is 0 Å². The Hall–Kier alpha value is -0.710. The summed E-state index contributed by atoms with van der Waals surface area (Å²) in [6, 6.07) is 8.85. The molecule has 0 aliphatic carbocycles. The normalized spacial score (nSPS) is 13.1. The van der Waals surface area contributed by atoms with Crippen LogP contribution in [0.3, 0.4) is 0 Å². The van der Waals surface area contributed by atoms with Crippen molar-refractivity contribution in [1.82, 2.24) is 5.32 Å². The molecule has 0 radical (unpaired) electrons. The average molecular weight is 295 g/mol. The second-order valence-electron chi connectivity index (χ2n) is 4.92. The molecule has 2 nitrogen and oxygen atoms in total. The molecule has 104 valence electrons. The molecule has 0 spiro atoms. The Kier molecular flexibility index (Phi) is 5.55. The predicted octanol–water partition coefficient (Wildman–Crippen LogP) is 4.69. The number of thioether (sulfide) groups is 1. The van der Waals surface area contributed by atoms with Crippen LogP contribution in [0.5, 0.6) is 0 Å². The van der Waals surface area contributed by atoms with Crippen molar-refractivity contribution in [3.05, 3.63) is 46.0 Å². The molecule has 0 bridgehead atoms. The van der Waals surface area contributed by atoms with E-state index < -0.39 is 0 Å². The van der Waals surface area contributed by atoms with Crippen LogP contribution in [0.4, 0.5) is 0 Å². The Morgan fingerprint density at radius 1 is 1.26 bits per heavy atom. The number of hydrogen-bond donors (Lipinski definition) is 1. The number of furan rings is 1. The topological polar surface area (TPSA) is 25.2 Å². The van der Waals surface area contributed by atoms with Gasteiger partial charge in [-0.25, -0.2) is 0 Å². The highest BCUT2D eigenvalue weighted by molar-refractivity contribution is 7.97. The fourth-order valence-corrected chi connectivity index (χ4v) is 3.49. The summed E-state index contributed by atoms with van der Waals surface area (Å²) >= 11 is 3.59.